The van der Waals surface area contributed by atoms with Crippen molar-refractivity contribution in [2.75, 3.05) is 6.61 Å². The molecular formula is C16H20ClNO2. The van der Waals surface area contributed by atoms with Crippen molar-refractivity contribution >= 4 is 12.4 Å². The number of benzene rings is 2. The van der Waals surface area contributed by atoms with Gasteiger partial charge in [0.05, 0.1) is 6.61 Å². The predicted molar refractivity (Wildman–Crippen MR) is 83.7 cm³/mol. The highest BCUT2D eigenvalue weighted by molar-refractivity contribution is 5.85. The van der Waals surface area contributed by atoms with Crippen molar-refractivity contribution in [3.8, 4) is 11.5 Å². The fraction of sp³-hybridized carbons (Fsp3) is 0.250. The molecule has 2 rings (SSSR count). The van der Waals surface area contributed by atoms with E-state index in [2.05, 4.69) is 0 Å². The summed E-state index contributed by atoms with van der Waals surface area (Å²) < 4.78 is 5.79. The third-order valence-corrected chi connectivity index (χ3v) is 2.89. The maximum atomic E-state index is 8.97. The number of aliphatic hydroxyl groups excluding tert-OH is 1. The van der Waals surface area contributed by atoms with Crippen molar-refractivity contribution in [3.05, 3.63) is 59.7 Å². The summed E-state index contributed by atoms with van der Waals surface area (Å²) in [7, 11) is 0. The zero-order chi connectivity index (χ0) is 13.7. The fourth-order valence-corrected chi connectivity index (χ4v) is 1.85. The normalized spacial score (nSPS) is 11.6. The molecule has 3 nitrogen and oxygen atoms in total. The van der Waals surface area contributed by atoms with Crippen LogP contribution >= 0.6 is 12.4 Å². The molecule has 3 N–H and O–H groups in total. The lowest BCUT2D eigenvalue weighted by atomic mass is 10.1. The van der Waals surface area contributed by atoms with Gasteiger partial charge in [-0.05, 0) is 43.2 Å². The first-order chi connectivity index (χ1) is 9.17. The molecular weight excluding hydrogens is 274 g/mol. The first-order valence-corrected chi connectivity index (χ1v) is 6.37. The van der Waals surface area contributed by atoms with Gasteiger partial charge in [-0.3, -0.25) is 0 Å². The molecule has 0 bridgehead atoms. The molecule has 0 fully saturated rings. The van der Waals surface area contributed by atoms with Crippen LogP contribution in [0.5, 0.6) is 11.5 Å². The Morgan fingerprint density at radius 3 is 2.45 bits per heavy atom. The predicted octanol–water partition coefficient (Wildman–Crippen LogP) is 3.07. The van der Waals surface area contributed by atoms with Crippen LogP contribution in [0.2, 0.25) is 0 Å². The standard InChI is InChI=1S/C16H19NO2.ClH/c1-12-5-7-15(8-6-12)19-16-4-2-3-13(10-16)9-14(17)11-18;/h2-8,10,14,18H,9,11,17H2,1H3;1H. The smallest absolute Gasteiger partial charge is 0.127 e. The van der Waals surface area contributed by atoms with E-state index in [1.54, 1.807) is 0 Å². The lowest BCUT2D eigenvalue weighted by molar-refractivity contribution is 0.265. The lowest BCUT2D eigenvalue weighted by Gasteiger charge is -2.10. The average molecular weight is 294 g/mol. The van der Waals surface area contributed by atoms with Crippen molar-refractivity contribution in [1.82, 2.24) is 0 Å². The zero-order valence-corrected chi connectivity index (χ0v) is 12.3. The number of ether oxygens (including phenoxy) is 1. The zero-order valence-electron chi connectivity index (χ0n) is 11.5. The molecule has 2 aromatic carbocycles. The minimum Gasteiger partial charge on any atom is -0.457 e. The first-order valence-electron chi connectivity index (χ1n) is 6.37. The summed E-state index contributed by atoms with van der Waals surface area (Å²) in [6.45, 7) is 2.03. The highest BCUT2D eigenvalue weighted by Crippen LogP contribution is 2.22. The van der Waals surface area contributed by atoms with Gasteiger partial charge in [0.1, 0.15) is 11.5 Å². The molecule has 0 saturated carbocycles. The molecule has 0 aromatic heterocycles. The molecule has 108 valence electrons. The van der Waals surface area contributed by atoms with E-state index in [1.807, 2.05) is 55.5 Å². The number of nitrogens with two attached hydrogens (primary N) is 1. The number of halogens is 1. The summed E-state index contributed by atoms with van der Waals surface area (Å²) in [5.41, 5.74) is 8.00. The van der Waals surface area contributed by atoms with Gasteiger partial charge in [-0.25, -0.2) is 0 Å². The second-order valence-corrected chi connectivity index (χ2v) is 4.71. The Labute approximate surface area is 125 Å². The minimum atomic E-state index is -0.227. The van der Waals surface area contributed by atoms with Gasteiger partial charge in [-0.2, -0.15) is 0 Å². The van der Waals surface area contributed by atoms with Crippen LogP contribution in [-0.2, 0) is 6.42 Å². The van der Waals surface area contributed by atoms with Crippen molar-refractivity contribution in [3.63, 3.8) is 0 Å². The number of rotatable bonds is 5. The summed E-state index contributed by atoms with van der Waals surface area (Å²) in [5, 5.41) is 8.97. The van der Waals surface area contributed by atoms with Gasteiger partial charge in [0, 0.05) is 6.04 Å². The van der Waals surface area contributed by atoms with E-state index in [1.165, 1.54) is 5.56 Å². The summed E-state index contributed by atoms with van der Waals surface area (Å²) in [6.07, 6.45) is 0.640. The second-order valence-electron chi connectivity index (χ2n) is 4.71. The van der Waals surface area contributed by atoms with Crippen LogP contribution in [0.4, 0.5) is 0 Å². The van der Waals surface area contributed by atoms with Gasteiger partial charge in [-0.15, -0.1) is 12.4 Å². The Bertz CT molecular complexity index is 528. The van der Waals surface area contributed by atoms with Gasteiger partial charge >= 0.3 is 0 Å². The third-order valence-electron chi connectivity index (χ3n) is 2.89. The molecule has 20 heavy (non-hydrogen) atoms. The van der Waals surface area contributed by atoms with Crippen LogP contribution in [0, 0.1) is 6.92 Å². The van der Waals surface area contributed by atoms with Crippen molar-refractivity contribution < 1.29 is 9.84 Å². The summed E-state index contributed by atoms with van der Waals surface area (Å²) in [5.74, 6) is 1.60. The number of hydrogen-bond acceptors (Lipinski definition) is 3. The molecule has 0 saturated heterocycles. The van der Waals surface area contributed by atoms with E-state index in [0.717, 1.165) is 17.1 Å². The number of aryl methyl sites for hydroxylation is 1. The quantitative estimate of drug-likeness (QED) is 0.891. The molecule has 0 radical (unpaired) electrons. The molecule has 0 spiro atoms. The molecule has 1 unspecified atom stereocenters. The van der Waals surface area contributed by atoms with Crippen LogP contribution in [0.25, 0.3) is 0 Å². The minimum absolute atomic E-state index is 0. The lowest BCUT2D eigenvalue weighted by Crippen LogP contribution is -2.26. The highest BCUT2D eigenvalue weighted by Gasteiger charge is 2.04. The topological polar surface area (TPSA) is 55.5 Å². The van der Waals surface area contributed by atoms with Gasteiger partial charge in [-0.1, -0.05) is 29.8 Å². The maximum absolute atomic E-state index is 8.97. The average Bonchev–Trinajstić information content (AvgIpc) is 2.42. The van der Waals surface area contributed by atoms with Crippen LogP contribution in [0.15, 0.2) is 48.5 Å². The maximum Gasteiger partial charge on any atom is 0.127 e. The van der Waals surface area contributed by atoms with Gasteiger partial charge in [0.2, 0.25) is 0 Å². The van der Waals surface area contributed by atoms with Crippen LogP contribution in [-0.4, -0.2) is 17.8 Å². The fourth-order valence-electron chi connectivity index (χ4n) is 1.85. The van der Waals surface area contributed by atoms with E-state index < -0.39 is 0 Å². The van der Waals surface area contributed by atoms with Crippen molar-refractivity contribution in [2.45, 2.75) is 19.4 Å². The van der Waals surface area contributed by atoms with Gasteiger partial charge in [0.25, 0.3) is 0 Å². The Kier molecular flexibility index (Phi) is 6.52. The Morgan fingerprint density at radius 2 is 1.80 bits per heavy atom. The van der Waals surface area contributed by atoms with E-state index >= 15 is 0 Å². The van der Waals surface area contributed by atoms with E-state index in [4.69, 9.17) is 15.6 Å². The van der Waals surface area contributed by atoms with Crippen LogP contribution < -0.4 is 10.5 Å². The monoisotopic (exact) mass is 293 g/mol. The highest BCUT2D eigenvalue weighted by atomic mass is 35.5. The SMILES string of the molecule is Cc1ccc(Oc2cccc(CC(N)CO)c2)cc1.Cl. The van der Waals surface area contributed by atoms with Crippen molar-refractivity contribution in [1.29, 1.82) is 0 Å². The molecule has 1 atom stereocenters. The summed E-state index contributed by atoms with van der Waals surface area (Å²) in [6, 6.07) is 15.5. The number of hydrogen-bond donors (Lipinski definition) is 2. The Morgan fingerprint density at radius 1 is 1.10 bits per heavy atom. The summed E-state index contributed by atoms with van der Waals surface area (Å²) in [4.78, 5) is 0. The molecule has 0 aliphatic carbocycles. The van der Waals surface area contributed by atoms with Crippen LogP contribution in [0.1, 0.15) is 11.1 Å². The van der Waals surface area contributed by atoms with Gasteiger partial charge in [0.15, 0.2) is 0 Å². The molecule has 0 amide bonds. The van der Waals surface area contributed by atoms with E-state index in [-0.39, 0.29) is 25.1 Å². The molecule has 4 heteroatoms. The van der Waals surface area contributed by atoms with Crippen LogP contribution in [0.3, 0.4) is 0 Å². The molecule has 0 heterocycles. The molecule has 0 aliphatic heterocycles. The summed E-state index contributed by atoms with van der Waals surface area (Å²) >= 11 is 0. The van der Waals surface area contributed by atoms with E-state index in [9.17, 15) is 0 Å². The second kappa shape index (κ2) is 7.90. The molecule has 0 aliphatic rings. The Hall–Kier alpha value is -1.55. The molecule has 2 aromatic rings. The largest absolute Gasteiger partial charge is 0.457 e. The first kappa shape index (κ1) is 16.5. The van der Waals surface area contributed by atoms with Crippen molar-refractivity contribution in [2.24, 2.45) is 5.73 Å². The number of aliphatic hydroxyl groups is 1. The van der Waals surface area contributed by atoms with E-state index in [0.29, 0.717) is 6.42 Å². The van der Waals surface area contributed by atoms with Gasteiger partial charge < -0.3 is 15.6 Å². The third kappa shape index (κ3) is 4.85. The Balaban J connectivity index is 0.00000200.